The Hall–Kier alpha value is -2.28. The average molecular weight is 339 g/mol. The third kappa shape index (κ3) is 4.59. The summed E-state index contributed by atoms with van der Waals surface area (Å²) < 4.78 is 5.41. The second-order valence-electron chi connectivity index (χ2n) is 5.09. The van der Waals surface area contributed by atoms with Gasteiger partial charge in [0, 0.05) is 12.1 Å². The Kier molecular flexibility index (Phi) is 5.81. The molecule has 1 aromatic rings. The summed E-state index contributed by atoms with van der Waals surface area (Å²) in [4.78, 5) is 22.7. The third-order valence-electron chi connectivity index (χ3n) is 3.19. The highest BCUT2D eigenvalue weighted by Crippen LogP contribution is 2.26. The number of rotatable bonds is 6. The summed E-state index contributed by atoms with van der Waals surface area (Å²) in [5.74, 6) is 0.229. The van der Waals surface area contributed by atoms with E-state index in [1.54, 1.807) is 18.2 Å². The van der Waals surface area contributed by atoms with Gasteiger partial charge in [0.05, 0.1) is 16.8 Å². The fourth-order valence-electron chi connectivity index (χ4n) is 2.06. The predicted octanol–water partition coefficient (Wildman–Crippen LogP) is 1.65. The van der Waals surface area contributed by atoms with Crippen molar-refractivity contribution in [3.63, 3.8) is 0 Å². The first-order valence-electron chi connectivity index (χ1n) is 7.34. The number of nitrogens with one attached hydrogen (secondary N) is 3. The smallest absolute Gasteiger partial charge is 0.335 e. The van der Waals surface area contributed by atoms with Crippen LogP contribution in [0.2, 0.25) is 5.02 Å². The van der Waals surface area contributed by atoms with Gasteiger partial charge in [-0.25, -0.2) is 10.2 Å². The van der Waals surface area contributed by atoms with Gasteiger partial charge in [0.1, 0.15) is 5.75 Å². The predicted molar refractivity (Wildman–Crippen MR) is 87.9 cm³/mol. The van der Waals surface area contributed by atoms with Crippen LogP contribution in [-0.2, 0) is 4.79 Å². The van der Waals surface area contributed by atoms with Crippen LogP contribution in [0, 0.1) is 0 Å². The molecular formula is C15H19ClN4O3. The highest BCUT2D eigenvalue weighted by atomic mass is 35.5. The van der Waals surface area contributed by atoms with Gasteiger partial charge >= 0.3 is 6.03 Å². The van der Waals surface area contributed by atoms with E-state index < -0.39 is 0 Å². The van der Waals surface area contributed by atoms with Crippen molar-refractivity contribution >= 4 is 29.3 Å². The van der Waals surface area contributed by atoms with Gasteiger partial charge < -0.3 is 15.4 Å². The van der Waals surface area contributed by atoms with Crippen molar-refractivity contribution in [3.05, 3.63) is 28.8 Å². The molecular weight excluding hydrogens is 320 g/mol. The van der Waals surface area contributed by atoms with Crippen molar-refractivity contribution in [1.29, 1.82) is 0 Å². The number of ether oxygens (including phenoxy) is 1. The van der Waals surface area contributed by atoms with Crippen LogP contribution in [0.4, 0.5) is 4.79 Å². The van der Waals surface area contributed by atoms with Gasteiger partial charge in [-0.05, 0) is 31.5 Å². The van der Waals surface area contributed by atoms with E-state index in [-0.39, 0.29) is 24.6 Å². The van der Waals surface area contributed by atoms with E-state index in [4.69, 9.17) is 16.3 Å². The maximum Gasteiger partial charge on any atom is 0.335 e. The van der Waals surface area contributed by atoms with E-state index in [1.807, 2.05) is 13.8 Å². The average Bonchev–Trinajstić information content (AvgIpc) is 2.51. The summed E-state index contributed by atoms with van der Waals surface area (Å²) in [7, 11) is 0. The molecule has 1 atom stereocenters. The van der Waals surface area contributed by atoms with Crippen molar-refractivity contribution in [3.8, 4) is 5.75 Å². The van der Waals surface area contributed by atoms with Crippen molar-refractivity contribution < 1.29 is 14.3 Å². The fourth-order valence-corrected chi connectivity index (χ4v) is 2.29. The van der Waals surface area contributed by atoms with Gasteiger partial charge in [0.2, 0.25) is 0 Å². The zero-order valence-corrected chi connectivity index (χ0v) is 13.7. The lowest BCUT2D eigenvalue weighted by atomic mass is 10.0. The Morgan fingerprint density at radius 3 is 2.91 bits per heavy atom. The first kappa shape index (κ1) is 17.1. The van der Waals surface area contributed by atoms with Crippen molar-refractivity contribution in [2.75, 3.05) is 13.2 Å². The molecule has 0 spiro atoms. The van der Waals surface area contributed by atoms with Gasteiger partial charge in [-0.15, -0.1) is 0 Å². The molecule has 0 aromatic heterocycles. The number of urea groups is 1. The minimum atomic E-state index is -0.342. The summed E-state index contributed by atoms with van der Waals surface area (Å²) >= 11 is 6.19. The van der Waals surface area contributed by atoms with Crippen LogP contribution in [0.1, 0.15) is 25.8 Å². The molecule has 1 aliphatic rings. The Morgan fingerprint density at radius 2 is 2.26 bits per heavy atom. The standard InChI is InChI=1S/C15H19ClN4O3/c1-3-6-17-13(21)8-23-12-5-4-10(7-11(12)16)14-9(2)18-15(22)20-19-14/h4-5,7,9H,3,6,8H2,1-2H3,(H,17,21)(H2,18,20,22). The normalized spacial score (nSPS) is 16.9. The Labute approximate surface area is 139 Å². The number of carbonyl (C=O) groups excluding carboxylic acids is 2. The van der Waals surface area contributed by atoms with Crippen molar-refractivity contribution in [2.24, 2.45) is 5.10 Å². The van der Waals surface area contributed by atoms with E-state index in [0.717, 1.165) is 12.0 Å². The van der Waals surface area contributed by atoms with Crippen LogP contribution in [0.15, 0.2) is 23.3 Å². The van der Waals surface area contributed by atoms with Crippen LogP contribution in [0.5, 0.6) is 5.75 Å². The van der Waals surface area contributed by atoms with Gasteiger partial charge in [0.25, 0.3) is 5.91 Å². The zero-order chi connectivity index (χ0) is 16.8. The first-order chi connectivity index (χ1) is 11.0. The lowest BCUT2D eigenvalue weighted by molar-refractivity contribution is -0.123. The second kappa shape index (κ2) is 7.82. The molecule has 1 aromatic carbocycles. The van der Waals surface area contributed by atoms with Gasteiger partial charge in [0.15, 0.2) is 6.61 Å². The highest BCUT2D eigenvalue weighted by Gasteiger charge is 2.21. The Bertz CT molecular complexity index is 633. The molecule has 0 radical (unpaired) electrons. The quantitative estimate of drug-likeness (QED) is 0.736. The molecule has 0 saturated carbocycles. The van der Waals surface area contributed by atoms with Crippen LogP contribution in [-0.4, -0.2) is 36.8 Å². The molecule has 3 amide bonds. The lowest BCUT2D eigenvalue weighted by Crippen LogP contribution is -2.48. The van der Waals surface area contributed by atoms with Gasteiger partial charge in [-0.2, -0.15) is 5.10 Å². The minimum absolute atomic E-state index is 0.0893. The van der Waals surface area contributed by atoms with Gasteiger partial charge in [-0.1, -0.05) is 18.5 Å². The molecule has 0 bridgehead atoms. The van der Waals surface area contributed by atoms with E-state index in [0.29, 0.717) is 23.0 Å². The molecule has 0 aliphatic carbocycles. The molecule has 7 nitrogen and oxygen atoms in total. The Morgan fingerprint density at radius 1 is 1.48 bits per heavy atom. The SMILES string of the molecule is CCCNC(=O)COc1ccc(C2=NNC(=O)NC2C)cc1Cl. The fraction of sp³-hybridized carbons (Fsp3) is 0.400. The number of hydrogen-bond donors (Lipinski definition) is 3. The highest BCUT2D eigenvalue weighted by molar-refractivity contribution is 6.32. The zero-order valence-electron chi connectivity index (χ0n) is 13.0. The summed E-state index contributed by atoms with van der Waals surface area (Å²) in [6, 6.07) is 4.57. The number of benzene rings is 1. The van der Waals surface area contributed by atoms with E-state index >= 15 is 0 Å². The van der Waals surface area contributed by atoms with E-state index in [9.17, 15) is 9.59 Å². The molecule has 1 aliphatic heterocycles. The molecule has 0 fully saturated rings. The molecule has 8 heteroatoms. The molecule has 3 N–H and O–H groups in total. The van der Waals surface area contributed by atoms with Gasteiger partial charge in [-0.3, -0.25) is 4.79 Å². The molecule has 23 heavy (non-hydrogen) atoms. The van der Waals surface area contributed by atoms with Crippen LogP contribution in [0.25, 0.3) is 0 Å². The van der Waals surface area contributed by atoms with Crippen LogP contribution in [0.3, 0.4) is 0 Å². The third-order valence-corrected chi connectivity index (χ3v) is 3.49. The number of hydrogen-bond acceptors (Lipinski definition) is 4. The number of carbonyl (C=O) groups is 2. The number of hydrazone groups is 1. The monoisotopic (exact) mass is 338 g/mol. The molecule has 0 saturated heterocycles. The summed E-state index contributed by atoms with van der Waals surface area (Å²) in [6.45, 7) is 4.33. The largest absolute Gasteiger partial charge is 0.482 e. The number of amides is 3. The van der Waals surface area contributed by atoms with Crippen LogP contribution >= 0.6 is 11.6 Å². The van der Waals surface area contributed by atoms with Crippen molar-refractivity contribution in [1.82, 2.24) is 16.1 Å². The number of nitrogens with zero attached hydrogens (tertiary/aromatic N) is 1. The summed E-state index contributed by atoms with van der Waals surface area (Å²) in [5, 5.41) is 9.84. The first-order valence-corrected chi connectivity index (χ1v) is 7.72. The summed E-state index contributed by atoms with van der Waals surface area (Å²) in [5.41, 5.74) is 3.79. The maximum absolute atomic E-state index is 11.5. The lowest BCUT2D eigenvalue weighted by Gasteiger charge is -2.21. The second-order valence-corrected chi connectivity index (χ2v) is 5.50. The minimum Gasteiger partial charge on any atom is -0.482 e. The molecule has 2 rings (SSSR count). The molecule has 1 unspecified atom stereocenters. The molecule has 1 heterocycles. The summed E-state index contributed by atoms with van der Waals surface area (Å²) in [6.07, 6.45) is 0.867. The number of halogens is 1. The van der Waals surface area contributed by atoms with Crippen molar-refractivity contribution in [2.45, 2.75) is 26.3 Å². The Balaban J connectivity index is 2.03. The topological polar surface area (TPSA) is 91.8 Å². The maximum atomic E-state index is 11.5. The van der Waals surface area contributed by atoms with Crippen LogP contribution < -0.4 is 20.8 Å². The van der Waals surface area contributed by atoms with E-state index in [1.165, 1.54) is 0 Å². The molecule has 124 valence electrons. The van der Waals surface area contributed by atoms with E-state index in [2.05, 4.69) is 21.2 Å².